The van der Waals surface area contributed by atoms with Crippen molar-refractivity contribution in [2.75, 3.05) is 5.73 Å². The molecule has 1 aromatic carbocycles. The molecule has 0 radical (unpaired) electrons. The highest BCUT2D eigenvalue weighted by molar-refractivity contribution is 7.46. The summed E-state index contributed by atoms with van der Waals surface area (Å²) in [5.41, 5.74) is 5.19. The minimum Gasteiger partial charge on any atom is -0.480 e. The molecule has 140 valence electrons. The number of aliphatic carboxylic acids is 1. The van der Waals surface area contributed by atoms with Crippen LogP contribution in [0.4, 0.5) is 10.5 Å². The number of carboxylic acids is 1. The molecule has 0 aliphatic rings. The van der Waals surface area contributed by atoms with Gasteiger partial charge >= 0.3 is 19.9 Å². The molecule has 1 rings (SSSR count). The number of ether oxygens (including phenoxy) is 1. The van der Waals surface area contributed by atoms with E-state index < -0.39 is 31.5 Å². The Morgan fingerprint density at radius 3 is 2.36 bits per heavy atom. The van der Waals surface area contributed by atoms with Crippen LogP contribution < -0.4 is 15.6 Å². The number of anilines is 1. The summed E-state index contributed by atoms with van der Waals surface area (Å²) in [6.07, 6.45) is -0.996. The van der Waals surface area contributed by atoms with E-state index in [4.69, 9.17) is 20.3 Å². The number of carbonyl (C=O) groups is 2. The van der Waals surface area contributed by atoms with Crippen LogP contribution in [0.3, 0.4) is 0 Å². The quantitative estimate of drug-likeness (QED) is 0.362. The van der Waals surface area contributed by atoms with E-state index in [0.29, 0.717) is 5.56 Å². The van der Waals surface area contributed by atoms with Crippen LogP contribution in [0.25, 0.3) is 0 Å². The predicted molar refractivity (Wildman–Crippen MR) is 88.0 cm³/mol. The first-order valence-corrected chi connectivity index (χ1v) is 8.66. The molecule has 0 saturated heterocycles. The van der Waals surface area contributed by atoms with E-state index in [1.807, 2.05) is 0 Å². The van der Waals surface area contributed by atoms with Gasteiger partial charge in [0.05, 0.1) is 5.69 Å². The Hall–Kier alpha value is -2.29. The molecule has 0 fully saturated rings. The maximum atomic E-state index is 11.7. The molecular weight excluding hydrogens is 355 g/mol. The highest BCUT2D eigenvalue weighted by atomic mass is 31.2. The molecule has 0 unspecified atom stereocenters. The first-order chi connectivity index (χ1) is 11.3. The number of alkyl carbamates (subject to hydrolysis) is 1. The average molecular weight is 376 g/mol. The van der Waals surface area contributed by atoms with Crippen LogP contribution in [0.5, 0.6) is 5.75 Å². The van der Waals surface area contributed by atoms with E-state index in [9.17, 15) is 19.3 Å². The number of carbonyl (C=O) groups excluding carboxylic acids is 1. The predicted octanol–water partition coefficient (Wildman–Crippen LogP) is 1.26. The van der Waals surface area contributed by atoms with Crippen molar-refractivity contribution < 1.29 is 38.3 Å². The molecule has 10 nitrogen and oxygen atoms in total. The lowest BCUT2D eigenvalue weighted by molar-refractivity contribution is -0.139. The Labute approximate surface area is 144 Å². The van der Waals surface area contributed by atoms with Crippen molar-refractivity contribution in [3.05, 3.63) is 23.8 Å². The maximum Gasteiger partial charge on any atom is 0.524 e. The zero-order valence-electron chi connectivity index (χ0n) is 13.9. The highest BCUT2D eigenvalue weighted by Gasteiger charge is 2.25. The molecule has 6 N–H and O–H groups in total. The van der Waals surface area contributed by atoms with Crippen LogP contribution in [-0.2, 0) is 20.5 Å². The monoisotopic (exact) mass is 376 g/mol. The number of hydrogen-bond donors (Lipinski definition) is 5. The van der Waals surface area contributed by atoms with Gasteiger partial charge in [-0.05, 0) is 38.5 Å². The molecule has 1 amide bonds. The lowest BCUT2D eigenvalue weighted by atomic mass is 10.1. The van der Waals surface area contributed by atoms with Crippen LogP contribution in [0, 0.1) is 0 Å². The molecule has 0 heterocycles. The van der Waals surface area contributed by atoms with Crippen LogP contribution >= 0.6 is 7.82 Å². The number of nitrogens with two attached hydrogens (primary N) is 1. The number of rotatable bonds is 6. The van der Waals surface area contributed by atoms with Crippen molar-refractivity contribution in [3.8, 4) is 5.75 Å². The molecule has 0 aromatic heterocycles. The van der Waals surface area contributed by atoms with Crippen LogP contribution in [-0.4, -0.2) is 38.6 Å². The maximum absolute atomic E-state index is 11.7. The zero-order chi connectivity index (χ0) is 19.4. The summed E-state index contributed by atoms with van der Waals surface area (Å²) in [6, 6.07) is 2.62. The third kappa shape index (κ3) is 7.88. The number of hydrogen-bond acceptors (Lipinski definition) is 6. The fourth-order valence-electron chi connectivity index (χ4n) is 1.82. The fourth-order valence-corrected chi connectivity index (χ4v) is 2.24. The number of phosphoric acid groups is 1. The van der Waals surface area contributed by atoms with Crippen molar-refractivity contribution in [1.82, 2.24) is 5.32 Å². The third-order valence-electron chi connectivity index (χ3n) is 2.72. The van der Waals surface area contributed by atoms with E-state index in [1.54, 1.807) is 20.8 Å². The van der Waals surface area contributed by atoms with Gasteiger partial charge in [0.1, 0.15) is 11.6 Å². The number of nitrogens with one attached hydrogen (secondary N) is 1. The van der Waals surface area contributed by atoms with Crippen molar-refractivity contribution in [2.24, 2.45) is 0 Å². The Morgan fingerprint density at radius 2 is 1.92 bits per heavy atom. The molecule has 0 spiro atoms. The SMILES string of the molecule is CC(C)(C)OC(=O)N[C@H](Cc1ccc(OP(=O)(O)O)c(N)c1)C(=O)O. The molecule has 0 aliphatic carbocycles. The summed E-state index contributed by atoms with van der Waals surface area (Å²) in [5, 5.41) is 11.5. The number of phosphoric ester groups is 1. The molecule has 25 heavy (non-hydrogen) atoms. The van der Waals surface area contributed by atoms with Gasteiger partial charge in [0, 0.05) is 6.42 Å². The number of benzene rings is 1. The van der Waals surface area contributed by atoms with Crippen LogP contribution in [0.2, 0.25) is 0 Å². The van der Waals surface area contributed by atoms with Gasteiger partial charge in [-0.25, -0.2) is 14.2 Å². The number of nitrogen functional groups attached to an aromatic ring is 1. The van der Waals surface area contributed by atoms with Gasteiger partial charge in [-0.1, -0.05) is 6.07 Å². The van der Waals surface area contributed by atoms with E-state index in [0.717, 1.165) is 0 Å². The summed E-state index contributed by atoms with van der Waals surface area (Å²) < 4.78 is 20.2. The average Bonchev–Trinajstić information content (AvgIpc) is 2.37. The van der Waals surface area contributed by atoms with Crippen LogP contribution in [0.1, 0.15) is 26.3 Å². The molecule has 0 aliphatic heterocycles. The number of carboxylic acid groups (broad SMARTS) is 1. The zero-order valence-corrected chi connectivity index (χ0v) is 14.8. The van der Waals surface area contributed by atoms with Crippen LogP contribution in [0.15, 0.2) is 18.2 Å². The second-order valence-corrected chi connectivity index (χ2v) is 7.36. The summed E-state index contributed by atoms with van der Waals surface area (Å²) in [6.45, 7) is 4.92. The van der Waals surface area contributed by atoms with E-state index in [1.165, 1.54) is 18.2 Å². The normalized spacial score (nSPS) is 13.0. The van der Waals surface area contributed by atoms with E-state index in [2.05, 4.69) is 9.84 Å². The highest BCUT2D eigenvalue weighted by Crippen LogP contribution is 2.40. The van der Waals surface area contributed by atoms with Gasteiger partial charge in [-0.3, -0.25) is 9.79 Å². The van der Waals surface area contributed by atoms with Crippen molar-refractivity contribution in [1.29, 1.82) is 0 Å². The number of amides is 1. The molecule has 1 atom stereocenters. The third-order valence-corrected chi connectivity index (χ3v) is 3.15. The Kier molecular flexibility index (Phi) is 6.42. The van der Waals surface area contributed by atoms with Gasteiger partial charge < -0.3 is 25.4 Å². The van der Waals surface area contributed by atoms with Gasteiger partial charge in [0.2, 0.25) is 0 Å². The first-order valence-electron chi connectivity index (χ1n) is 7.13. The minimum atomic E-state index is -4.76. The van der Waals surface area contributed by atoms with Gasteiger partial charge in [0.25, 0.3) is 0 Å². The second-order valence-electron chi connectivity index (χ2n) is 6.20. The molecule has 0 bridgehead atoms. The fraction of sp³-hybridized carbons (Fsp3) is 0.429. The van der Waals surface area contributed by atoms with Crippen molar-refractivity contribution >= 4 is 25.6 Å². The Bertz CT molecular complexity index is 695. The molecule has 0 saturated carbocycles. The lowest BCUT2D eigenvalue weighted by Gasteiger charge is -2.22. The molecule has 11 heteroatoms. The first kappa shape index (κ1) is 20.8. The van der Waals surface area contributed by atoms with Gasteiger partial charge in [-0.15, -0.1) is 0 Å². The Morgan fingerprint density at radius 1 is 1.32 bits per heavy atom. The summed E-state index contributed by atoms with van der Waals surface area (Å²) in [4.78, 5) is 40.6. The van der Waals surface area contributed by atoms with E-state index >= 15 is 0 Å². The minimum absolute atomic E-state index is 0.0813. The summed E-state index contributed by atoms with van der Waals surface area (Å²) in [5.74, 6) is -1.51. The van der Waals surface area contributed by atoms with Crippen molar-refractivity contribution in [2.45, 2.75) is 38.8 Å². The standard InChI is InChI=1S/C14H21N2O8P/c1-14(2,3)23-13(19)16-10(12(17)18)7-8-4-5-11(9(15)6-8)24-25(20,21)22/h4-6,10H,7,15H2,1-3H3,(H,16,19)(H,17,18)(H2,20,21,22)/t10-/m1/s1. The Balaban J connectivity index is 2.85. The topological polar surface area (TPSA) is 168 Å². The molecular formula is C14H21N2O8P. The van der Waals surface area contributed by atoms with Crippen molar-refractivity contribution in [3.63, 3.8) is 0 Å². The van der Waals surface area contributed by atoms with Gasteiger partial charge in [0.15, 0.2) is 5.75 Å². The van der Waals surface area contributed by atoms with Gasteiger partial charge in [-0.2, -0.15) is 0 Å². The smallest absolute Gasteiger partial charge is 0.480 e. The molecule has 1 aromatic rings. The summed E-state index contributed by atoms with van der Waals surface area (Å²) >= 11 is 0. The largest absolute Gasteiger partial charge is 0.524 e. The summed E-state index contributed by atoms with van der Waals surface area (Å²) in [7, 11) is -4.76. The van der Waals surface area contributed by atoms with E-state index in [-0.39, 0.29) is 17.9 Å². The second kappa shape index (κ2) is 7.73. The lowest BCUT2D eigenvalue weighted by Crippen LogP contribution is -2.44.